The zero-order valence-corrected chi connectivity index (χ0v) is 15.9. The van der Waals surface area contributed by atoms with Gasteiger partial charge >= 0.3 is 0 Å². The molecule has 2 aromatic rings. The molecule has 7 heteroatoms. The van der Waals surface area contributed by atoms with Crippen LogP contribution in [0.5, 0.6) is 0 Å². The summed E-state index contributed by atoms with van der Waals surface area (Å²) in [7, 11) is 0. The van der Waals surface area contributed by atoms with Crippen molar-refractivity contribution in [3.63, 3.8) is 0 Å². The Labute approximate surface area is 160 Å². The maximum atomic E-state index is 12.5. The van der Waals surface area contributed by atoms with Gasteiger partial charge in [0.25, 0.3) is 0 Å². The molecule has 1 atom stereocenters. The van der Waals surface area contributed by atoms with Gasteiger partial charge in [-0.2, -0.15) is 0 Å². The van der Waals surface area contributed by atoms with Crippen LogP contribution in [-0.4, -0.2) is 33.8 Å². The van der Waals surface area contributed by atoms with Crippen molar-refractivity contribution in [3.05, 3.63) is 30.1 Å². The van der Waals surface area contributed by atoms with E-state index in [-0.39, 0.29) is 24.2 Å². The number of aryl methyl sites for hydroxylation is 1. The van der Waals surface area contributed by atoms with Crippen molar-refractivity contribution in [3.8, 4) is 11.4 Å². The molecule has 6 nitrogen and oxygen atoms in total. The number of aromatic nitrogens is 3. The highest BCUT2D eigenvalue weighted by atomic mass is 35.5. The highest BCUT2D eigenvalue weighted by molar-refractivity contribution is 5.93. The average Bonchev–Trinajstić information content (AvgIpc) is 2.82. The van der Waals surface area contributed by atoms with E-state index in [4.69, 9.17) is 0 Å². The molecule has 4 rings (SSSR count). The van der Waals surface area contributed by atoms with Gasteiger partial charge in [-0.05, 0) is 44.0 Å². The van der Waals surface area contributed by atoms with Gasteiger partial charge in [0.1, 0.15) is 5.82 Å². The van der Waals surface area contributed by atoms with Crippen LogP contribution < -0.4 is 10.6 Å². The monoisotopic (exact) mass is 375 g/mol. The van der Waals surface area contributed by atoms with Crippen LogP contribution in [0.4, 0.5) is 5.69 Å². The molecule has 0 spiro atoms. The molecular weight excluding hydrogens is 350 g/mol. The van der Waals surface area contributed by atoms with Gasteiger partial charge in [-0.25, -0.2) is 0 Å². The number of carbonyl (C=O) groups excluding carboxylic acids is 1. The summed E-state index contributed by atoms with van der Waals surface area (Å²) < 4.78 is 2.23. The lowest BCUT2D eigenvalue weighted by Gasteiger charge is -2.31. The second-order valence-electron chi connectivity index (χ2n) is 7.18. The summed E-state index contributed by atoms with van der Waals surface area (Å²) in [6, 6.07) is 7.95. The Morgan fingerprint density at radius 2 is 2.12 bits per heavy atom. The summed E-state index contributed by atoms with van der Waals surface area (Å²) in [6.45, 7) is 4.84. The Hall–Kier alpha value is -1.92. The van der Waals surface area contributed by atoms with Crippen LogP contribution in [0.15, 0.2) is 24.3 Å². The van der Waals surface area contributed by atoms with E-state index in [0.717, 1.165) is 49.0 Å². The van der Waals surface area contributed by atoms with Crippen molar-refractivity contribution in [2.24, 2.45) is 11.8 Å². The molecule has 0 saturated carbocycles. The van der Waals surface area contributed by atoms with Crippen LogP contribution in [0, 0.1) is 11.8 Å². The normalized spacial score (nSPS) is 18.0. The molecule has 2 aliphatic heterocycles. The van der Waals surface area contributed by atoms with Crippen molar-refractivity contribution in [1.82, 2.24) is 20.1 Å². The Morgan fingerprint density at radius 3 is 2.88 bits per heavy atom. The summed E-state index contributed by atoms with van der Waals surface area (Å²) in [5.41, 5.74) is 1.84. The third-order valence-electron chi connectivity index (χ3n) is 5.43. The van der Waals surface area contributed by atoms with Crippen LogP contribution in [0.2, 0.25) is 0 Å². The fourth-order valence-corrected chi connectivity index (χ4v) is 3.57. The standard InChI is InChI=1S/C19H25N5O.ClH/c1-13(15-11-20-12-15)19(25)21-16-7-5-6-14(10-16)18-23-22-17-8-3-2-4-9-24(17)18;/h5-7,10,13,15,20H,2-4,8-9,11-12H2,1H3,(H,21,25);1H. The van der Waals surface area contributed by atoms with Gasteiger partial charge in [-0.3, -0.25) is 4.79 Å². The highest BCUT2D eigenvalue weighted by Crippen LogP contribution is 2.25. The van der Waals surface area contributed by atoms with Crippen LogP contribution in [0.1, 0.15) is 32.0 Å². The van der Waals surface area contributed by atoms with E-state index in [1.54, 1.807) is 0 Å². The molecule has 0 bridgehead atoms. The first-order valence-electron chi connectivity index (χ1n) is 9.26. The first-order chi connectivity index (χ1) is 12.2. The Kier molecular flexibility index (Phi) is 5.94. The van der Waals surface area contributed by atoms with Crippen molar-refractivity contribution in [1.29, 1.82) is 0 Å². The third-order valence-corrected chi connectivity index (χ3v) is 5.43. The van der Waals surface area contributed by atoms with Crippen LogP contribution in [0.3, 0.4) is 0 Å². The first-order valence-corrected chi connectivity index (χ1v) is 9.26. The predicted octanol–water partition coefficient (Wildman–Crippen LogP) is 2.89. The second kappa shape index (κ2) is 8.18. The fraction of sp³-hybridized carbons (Fsp3) is 0.526. The summed E-state index contributed by atoms with van der Waals surface area (Å²) in [4.78, 5) is 12.5. The second-order valence-corrected chi connectivity index (χ2v) is 7.18. The molecule has 1 unspecified atom stereocenters. The Morgan fingerprint density at radius 1 is 1.27 bits per heavy atom. The van der Waals surface area contributed by atoms with Crippen LogP contribution in [0.25, 0.3) is 11.4 Å². The van der Waals surface area contributed by atoms with Crippen molar-refractivity contribution in [2.75, 3.05) is 18.4 Å². The van der Waals surface area contributed by atoms with E-state index in [0.29, 0.717) is 5.92 Å². The topological polar surface area (TPSA) is 71.8 Å². The van der Waals surface area contributed by atoms with Crippen LogP contribution >= 0.6 is 12.4 Å². The number of benzene rings is 1. The lowest BCUT2D eigenvalue weighted by atomic mass is 9.88. The minimum atomic E-state index is 0. The molecule has 2 N–H and O–H groups in total. The number of hydrogen-bond donors (Lipinski definition) is 2. The molecule has 1 saturated heterocycles. The Bertz CT molecular complexity index is 771. The first kappa shape index (κ1) is 18.9. The third kappa shape index (κ3) is 3.76. The van der Waals surface area contributed by atoms with Gasteiger partial charge in [0, 0.05) is 30.1 Å². The molecule has 0 aliphatic carbocycles. The van der Waals surface area contributed by atoms with Gasteiger partial charge < -0.3 is 15.2 Å². The van der Waals surface area contributed by atoms with Gasteiger partial charge in [0.2, 0.25) is 5.91 Å². The minimum absolute atomic E-state index is 0. The molecule has 2 aliphatic rings. The largest absolute Gasteiger partial charge is 0.326 e. The number of fused-ring (bicyclic) bond motifs is 1. The molecular formula is C19H26ClN5O. The number of halogens is 1. The summed E-state index contributed by atoms with van der Waals surface area (Å²) in [5.74, 6) is 2.53. The number of amides is 1. The molecule has 1 fully saturated rings. The molecule has 0 radical (unpaired) electrons. The lowest BCUT2D eigenvalue weighted by molar-refractivity contribution is -0.121. The van der Waals surface area contributed by atoms with Crippen molar-refractivity contribution in [2.45, 2.75) is 39.2 Å². The van der Waals surface area contributed by atoms with E-state index in [2.05, 4.69) is 25.4 Å². The van der Waals surface area contributed by atoms with Crippen LogP contribution in [-0.2, 0) is 17.8 Å². The quantitative estimate of drug-likeness (QED) is 0.861. The summed E-state index contributed by atoms with van der Waals surface area (Å²) in [6.07, 6.45) is 4.59. The smallest absolute Gasteiger partial charge is 0.227 e. The Balaban J connectivity index is 0.00000196. The number of carbonyl (C=O) groups is 1. The zero-order valence-electron chi connectivity index (χ0n) is 15.1. The van der Waals surface area contributed by atoms with E-state index >= 15 is 0 Å². The van der Waals surface area contributed by atoms with E-state index in [9.17, 15) is 4.79 Å². The van der Waals surface area contributed by atoms with Crippen molar-refractivity contribution >= 4 is 24.0 Å². The van der Waals surface area contributed by atoms with E-state index in [1.165, 1.54) is 19.3 Å². The van der Waals surface area contributed by atoms with Gasteiger partial charge in [0.05, 0.1) is 0 Å². The number of nitrogens with zero attached hydrogens (tertiary/aromatic N) is 3. The molecule has 1 aromatic heterocycles. The molecule has 1 aromatic carbocycles. The zero-order chi connectivity index (χ0) is 17.2. The molecule has 26 heavy (non-hydrogen) atoms. The lowest BCUT2D eigenvalue weighted by Crippen LogP contribution is -2.48. The number of nitrogens with one attached hydrogen (secondary N) is 2. The van der Waals surface area contributed by atoms with Gasteiger partial charge in [-0.1, -0.05) is 25.5 Å². The predicted molar refractivity (Wildman–Crippen MR) is 104 cm³/mol. The molecule has 1 amide bonds. The number of hydrogen-bond acceptors (Lipinski definition) is 4. The van der Waals surface area contributed by atoms with E-state index in [1.807, 2.05) is 31.2 Å². The molecule has 140 valence electrons. The SMILES string of the molecule is CC(C(=O)Nc1cccc(-c2nnc3n2CCCCC3)c1)C1CNC1.Cl. The minimum Gasteiger partial charge on any atom is -0.326 e. The highest BCUT2D eigenvalue weighted by Gasteiger charge is 2.28. The summed E-state index contributed by atoms with van der Waals surface area (Å²) in [5, 5.41) is 15.1. The van der Waals surface area contributed by atoms with E-state index < -0.39 is 0 Å². The number of anilines is 1. The maximum Gasteiger partial charge on any atom is 0.227 e. The van der Waals surface area contributed by atoms with Gasteiger partial charge in [-0.15, -0.1) is 22.6 Å². The molecule has 3 heterocycles. The van der Waals surface area contributed by atoms with Crippen molar-refractivity contribution < 1.29 is 4.79 Å². The fourth-order valence-electron chi connectivity index (χ4n) is 3.57. The maximum absolute atomic E-state index is 12.5. The average molecular weight is 376 g/mol. The van der Waals surface area contributed by atoms with Gasteiger partial charge in [0.15, 0.2) is 5.82 Å². The summed E-state index contributed by atoms with van der Waals surface area (Å²) >= 11 is 0. The number of rotatable bonds is 4.